The van der Waals surface area contributed by atoms with E-state index >= 15 is 0 Å². The Bertz CT molecular complexity index is 1700. The summed E-state index contributed by atoms with van der Waals surface area (Å²) in [6.07, 6.45) is 3.00. The number of hydrogen-bond donors (Lipinski definition) is 1. The van der Waals surface area contributed by atoms with Crippen LogP contribution in [0.2, 0.25) is 5.15 Å². The number of furan rings is 1. The fourth-order valence-electron chi connectivity index (χ4n) is 4.47. The number of anilines is 1. The Hall–Kier alpha value is -3.83. The van der Waals surface area contributed by atoms with Gasteiger partial charge in [0.15, 0.2) is 16.4 Å². The lowest BCUT2D eigenvalue weighted by atomic mass is 10.1. The molecule has 1 fully saturated rings. The van der Waals surface area contributed by atoms with Gasteiger partial charge in [0.1, 0.15) is 22.1 Å². The van der Waals surface area contributed by atoms with Gasteiger partial charge in [-0.1, -0.05) is 29.8 Å². The molecular weight excluding hydrogens is 534 g/mol. The van der Waals surface area contributed by atoms with E-state index in [1.807, 2.05) is 24.3 Å². The molecule has 1 amide bonds. The van der Waals surface area contributed by atoms with Crippen LogP contribution in [0.25, 0.3) is 28.0 Å². The molecule has 5 rings (SSSR count). The number of hydrogen-bond acceptors (Lipinski definition) is 8. The van der Waals surface area contributed by atoms with Gasteiger partial charge in [-0.2, -0.15) is 5.10 Å². The molecule has 0 bridgehead atoms. The third-order valence-electron chi connectivity index (χ3n) is 6.33. The minimum Gasteiger partial charge on any atom is -0.495 e. The Kier molecular flexibility index (Phi) is 6.89. The molecule has 4 aromatic rings. The first-order chi connectivity index (χ1) is 18.1. The molecule has 0 spiro atoms. The fraction of sp³-hybridized carbons (Fsp3) is 0.269. The molecule has 1 aliphatic heterocycles. The van der Waals surface area contributed by atoms with Gasteiger partial charge in [0.25, 0.3) is 5.91 Å². The second-order valence-electron chi connectivity index (χ2n) is 8.93. The summed E-state index contributed by atoms with van der Waals surface area (Å²) in [7, 11) is -1.62. The van der Waals surface area contributed by atoms with Crippen molar-refractivity contribution in [2.75, 3.05) is 30.5 Å². The van der Waals surface area contributed by atoms with Crippen molar-refractivity contribution in [3.05, 3.63) is 58.9 Å². The van der Waals surface area contributed by atoms with Crippen LogP contribution in [0, 0.1) is 6.92 Å². The molecule has 198 valence electrons. The summed E-state index contributed by atoms with van der Waals surface area (Å²) >= 11 is 6.42. The monoisotopic (exact) mass is 557 g/mol. The Labute approximate surface area is 223 Å². The van der Waals surface area contributed by atoms with Crippen molar-refractivity contribution in [1.82, 2.24) is 9.78 Å². The van der Waals surface area contributed by atoms with Crippen molar-refractivity contribution in [2.24, 2.45) is 0 Å². The number of carbonyl (C=O) groups is 2. The number of sulfone groups is 1. The molecule has 12 heteroatoms. The molecule has 0 saturated carbocycles. The number of aryl methyl sites for hydroxylation is 1. The van der Waals surface area contributed by atoms with Crippen molar-refractivity contribution in [3.8, 4) is 5.75 Å². The zero-order chi connectivity index (χ0) is 27.0. The number of nitrogens with one attached hydrogen (secondary N) is 1. The summed E-state index contributed by atoms with van der Waals surface area (Å²) < 4.78 is 41.4. The van der Waals surface area contributed by atoms with E-state index in [1.54, 1.807) is 19.1 Å². The van der Waals surface area contributed by atoms with Gasteiger partial charge in [0.05, 0.1) is 36.0 Å². The van der Waals surface area contributed by atoms with Crippen LogP contribution in [0.5, 0.6) is 5.75 Å². The highest BCUT2D eigenvalue weighted by atomic mass is 35.5. The zero-order valence-electron chi connectivity index (χ0n) is 20.6. The molecule has 3 heterocycles. The number of nitrogens with zero attached hydrogens (tertiary/aromatic N) is 2. The van der Waals surface area contributed by atoms with Crippen LogP contribution in [0.4, 0.5) is 5.69 Å². The maximum Gasteiger partial charge on any atom is 0.331 e. The highest BCUT2D eigenvalue weighted by Gasteiger charge is 2.31. The van der Waals surface area contributed by atoms with Gasteiger partial charge >= 0.3 is 5.97 Å². The number of ether oxygens (including phenoxy) is 2. The van der Waals surface area contributed by atoms with Crippen molar-refractivity contribution in [2.45, 2.75) is 19.4 Å². The number of esters is 1. The maximum absolute atomic E-state index is 12.5. The van der Waals surface area contributed by atoms with E-state index < -0.39 is 28.3 Å². The molecule has 10 nitrogen and oxygen atoms in total. The average molecular weight is 558 g/mol. The number of rotatable bonds is 7. The van der Waals surface area contributed by atoms with E-state index in [1.165, 1.54) is 17.9 Å². The molecule has 1 atom stereocenters. The number of aromatic nitrogens is 2. The third kappa shape index (κ3) is 5.11. The van der Waals surface area contributed by atoms with Gasteiger partial charge in [-0.25, -0.2) is 17.9 Å². The van der Waals surface area contributed by atoms with Gasteiger partial charge in [0, 0.05) is 28.5 Å². The standard InChI is InChI=1S/C26H24ClN3O7S/c1-15-17(26(27)30(29-15)16-9-10-38(33,34)14-16)7-8-25(32)36-13-24(31)28-20-12-22-19(11-23(20)35-2)18-5-3-4-6-21(18)37-22/h3-8,11-12,16H,9-10,13-14H2,1-2H3,(H,28,31)/b8-7+/t16-/m1/s1. The van der Waals surface area contributed by atoms with E-state index in [4.69, 9.17) is 25.5 Å². The van der Waals surface area contributed by atoms with Crippen LogP contribution in [-0.2, 0) is 24.2 Å². The van der Waals surface area contributed by atoms with Gasteiger partial charge in [0.2, 0.25) is 0 Å². The van der Waals surface area contributed by atoms with Crippen LogP contribution in [0.1, 0.15) is 23.7 Å². The molecule has 0 unspecified atom stereocenters. The van der Waals surface area contributed by atoms with E-state index in [2.05, 4.69) is 10.4 Å². The lowest BCUT2D eigenvalue weighted by molar-refractivity contribution is -0.142. The van der Waals surface area contributed by atoms with Crippen LogP contribution in [-0.4, -0.2) is 55.3 Å². The Morgan fingerprint density at radius 1 is 1.24 bits per heavy atom. The summed E-state index contributed by atoms with van der Waals surface area (Å²) in [6, 6.07) is 10.7. The van der Waals surface area contributed by atoms with Gasteiger partial charge in [-0.3, -0.25) is 4.79 Å². The van der Waals surface area contributed by atoms with Gasteiger partial charge in [-0.15, -0.1) is 0 Å². The molecule has 2 aromatic carbocycles. The Morgan fingerprint density at radius 2 is 2.03 bits per heavy atom. The largest absolute Gasteiger partial charge is 0.495 e. The fourth-order valence-corrected chi connectivity index (χ4v) is 6.54. The highest BCUT2D eigenvalue weighted by Crippen LogP contribution is 2.36. The van der Waals surface area contributed by atoms with Crippen molar-refractivity contribution in [3.63, 3.8) is 0 Å². The maximum atomic E-state index is 12.5. The predicted molar refractivity (Wildman–Crippen MR) is 143 cm³/mol. The van der Waals surface area contributed by atoms with Gasteiger partial charge in [-0.05, 0) is 31.6 Å². The molecule has 0 aliphatic carbocycles. The minimum atomic E-state index is -3.11. The molecule has 2 aromatic heterocycles. The minimum absolute atomic E-state index is 0.0256. The van der Waals surface area contributed by atoms with Crippen LogP contribution >= 0.6 is 11.6 Å². The van der Waals surface area contributed by atoms with Crippen LogP contribution in [0.3, 0.4) is 0 Å². The van der Waals surface area contributed by atoms with Gasteiger partial charge < -0.3 is 19.2 Å². The van der Waals surface area contributed by atoms with E-state index in [0.29, 0.717) is 40.3 Å². The molecule has 38 heavy (non-hydrogen) atoms. The van der Waals surface area contributed by atoms with E-state index in [9.17, 15) is 18.0 Å². The molecular formula is C26H24ClN3O7S. The summed E-state index contributed by atoms with van der Waals surface area (Å²) in [6.45, 7) is 1.17. The second kappa shape index (κ2) is 10.1. The van der Waals surface area contributed by atoms with E-state index in [-0.39, 0.29) is 22.7 Å². The first-order valence-electron chi connectivity index (χ1n) is 11.7. The quantitative estimate of drug-likeness (QED) is 0.263. The summed E-state index contributed by atoms with van der Waals surface area (Å²) in [5.74, 6) is -0.829. The predicted octanol–water partition coefficient (Wildman–Crippen LogP) is 4.31. The molecule has 1 aliphatic rings. The molecule has 0 radical (unpaired) electrons. The summed E-state index contributed by atoms with van der Waals surface area (Å²) in [5, 5.41) is 9.03. The number of methoxy groups -OCH3 is 1. The molecule has 1 N–H and O–H groups in total. The SMILES string of the molecule is COc1cc2c(cc1NC(=O)COC(=O)/C=C/c1c(C)nn([C@@H]3CCS(=O)(=O)C3)c1Cl)oc1ccccc12. The van der Waals surface area contributed by atoms with Crippen LogP contribution < -0.4 is 10.1 Å². The van der Waals surface area contributed by atoms with Crippen LogP contribution in [0.15, 0.2) is 46.9 Å². The smallest absolute Gasteiger partial charge is 0.331 e. The highest BCUT2D eigenvalue weighted by molar-refractivity contribution is 7.91. The van der Waals surface area contributed by atoms with Crippen molar-refractivity contribution in [1.29, 1.82) is 0 Å². The Balaban J connectivity index is 1.23. The topological polar surface area (TPSA) is 130 Å². The van der Waals surface area contributed by atoms with Crippen molar-refractivity contribution >= 4 is 67.0 Å². The number of benzene rings is 2. The third-order valence-corrected chi connectivity index (χ3v) is 8.46. The number of fused-ring (bicyclic) bond motifs is 3. The Morgan fingerprint density at radius 3 is 2.76 bits per heavy atom. The first-order valence-corrected chi connectivity index (χ1v) is 13.9. The summed E-state index contributed by atoms with van der Waals surface area (Å²) in [5.41, 5.74) is 2.67. The lowest BCUT2D eigenvalue weighted by Crippen LogP contribution is -2.20. The number of amides is 1. The zero-order valence-corrected chi connectivity index (χ0v) is 22.1. The lowest BCUT2D eigenvalue weighted by Gasteiger charge is -2.10. The molecule has 1 saturated heterocycles. The number of para-hydroxylation sites is 1. The number of halogens is 1. The normalized spacial score (nSPS) is 16.9. The average Bonchev–Trinajstić information content (AvgIpc) is 3.52. The second-order valence-corrected chi connectivity index (χ2v) is 11.5. The van der Waals surface area contributed by atoms with Crippen molar-refractivity contribution < 1.29 is 31.9 Å². The first kappa shape index (κ1) is 25.8. The summed E-state index contributed by atoms with van der Waals surface area (Å²) in [4.78, 5) is 24.8. The van der Waals surface area contributed by atoms with E-state index in [0.717, 1.165) is 16.8 Å². The number of carbonyl (C=O) groups excluding carboxylic acids is 2.